The first-order chi connectivity index (χ1) is 9.15. The van der Waals surface area contributed by atoms with Gasteiger partial charge in [-0.2, -0.15) is 0 Å². The zero-order chi connectivity index (χ0) is 15.8. The highest BCUT2D eigenvalue weighted by Crippen LogP contribution is 2.15. The lowest BCUT2D eigenvalue weighted by atomic mass is 10.0. The zero-order valence-corrected chi connectivity index (χ0v) is 10.9. The molecule has 0 spiro atoms. The Morgan fingerprint density at radius 3 is 2.05 bits per heavy atom. The minimum Gasteiger partial charge on any atom is -0.450 e. The largest absolute Gasteiger partial charge is 0.508 e. The molecule has 0 aromatic heterocycles. The normalized spacial score (nSPS) is 15.1. The molecule has 10 nitrogen and oxygen atoms in total. The van der Waals surface area contributed by atoms with Gasteiger partial charge in [0.25, 0.3) is 0 Å². The molecule has 1 aliphatic heterocycles. The first-order valence-electron chi connectivity index (χ1n) is 5.40. The summed E-state index contributed by atoms with van der Waals surface area (Å²) in [5.41, 5.74) is -1.42. The summed E-state index contributed by atoms with van der Waals surface area (Å²) in [4.78, 5) is 29.9. The van der Waals surface area contributed by atoms with Crippen LogP contribution in [0, 0.1) is 0 Å². The van der Waals surface area contributed by atoms with E-state index in [9.17, 15) is 19.5 Å². The van der Waals surface area contributed by atoms with Crippen molar-refractivity contribution in [2.24, 2.45) is 0 Å². The third-order valence-electron chi connectivity index (χ3n) is 2.04. The summed E-state index contributed by atoms with van der Waals surface area (Å²) in [6.45, 7) is 2.89. The number of hydrogen-bond acceptors (Lipinski definition) is 8. The van der Waals surface area contributed by atoms with Crippen LogP contribution in [0.25, 0.3) is 0 Å². The molecule has 20 heavy (non-hydrogen) atoms. The van der Waals surface area contributed by atoms with Crippen LogP contribution in [0.15, 0.2) is 0 Å². The summed E-state index contributed by atoms with van der Waals surface area (Å²) in [5.74, 6) is 0. The molecular formula is C10H16O10. The van der Waals surface area contributed by atoms with Gasteiger partial charge in [-0.05, 0) is 13.8 Å². The summed E-state index contributed by atoms with van der Waals surface area (Å²) in [6.07, 6.45) is -5.00. The van der Waals surface area contributed by atoms with Crippen LogP contribution < -0.4 is 0 Å². The minimum atomic E-state index is -1.55. The Kier molecular flexibility index (Phi) is 7.15. The second kappa shape index (κ2) is 8.04. The average Bonchev–Trinajstić information content (AvgIpc) is 2.76. The van der Waals surface area contributed by atoms with Crippen LogP contribution in [0.4, 0.5) is 14.4 Å². The van der Waals surface area contributed by atoms with Gasteiger partial charge in [0.2, 0.25) is 0 Å². The fourth-order valence-corrected chi connectivity index (χ4v) is 0.936. The van der Waals surface area contributed by atoms with E-state index in [0.29, 0.717) is 13.2 Å². The van der Waals surface area contributed by atoms with Crippen molar-refractivity contribution in [1.82, 2.24) is 0 Å². The van der Waals surface area contributed by atoms with Gasteiger partial charge in [-0.25, -0.2) is 14.4 Å². The Balaban J connectivity index is 0.000000493. The average molecular weight is 296 g/mol. The van der Waals surface area contributed by atoms with Crippen molar-refractivity contribution in [3.63, 3.8) is 0 Å². The van der Waals surface area contributed by atoms with Crippen molar-refractivity contribution in [3.8, 4) is 0 Å². The first kappa shape index (κ1) is 17.8. The summed E-state index contributed by atoms with van der Waals surface area (Å²) >= 11 is 0. The van der Waals surface area contributed by atoms with Crippen molar-refractivity contribution >= 4 is 18.5 Å². The lowest BCUT2D eigenvalue weighted by Gasteiger charge is -2.27. The fourth-order valence-electron chi connectivity index (χ4n) is 0.936. The summed E-state index contributed by atoms with van der Waals surface area (Å²) in [6, 6.07) is 0. The highest BCUT2D eigenvalue weighted by atomic mass is 16.8. The second-order valence-corrected chi connectivity index (χ2v) is 4.01. The molecule has 0 aromatic carbocycles. The number of aliphatic hydroxyl groups is 1. The van der Waals surface area contributed by atoms with Crippen LogP contribution in [0.2, 0.25) is 0 Å². The SMILES string of the molecule is CC(C)(OC(=O)O)C(O)COC(=O)O.O=C1OCCO1. The van der Waals surface area contributed by atoms with E-state index in [1.807, 2.05) is 0 Å². The number of carbonyl (C=O) groups excluding carboxylic acids is 1. The van der Waals surface area contributed by atoms with E-state index in [0.717, 1.165) is 0 Å². The maximum Gasteiger partial charge on any atom is 0.508 e. The quantitative estimate of drug-likeness (QED) is 0.499. The Hall–Kier alpha value is -2.23. The molecule has 0 aromatic rings. The third kappa shape index (κ3) is 7.97. The smallest absolute Gasteiger partial charge is 0.450 e. The molecule has 1 heterocycles. The van der Waals surface area contributed by atoms with Gasteiger partial charge in [0.15, 0.2) is 0 Å². The molecule has 0 amide bonds. The van der Waals surface area contributed by atoms with E-state index < -0.39 is 36.8 Å². The number of carboxylic acid groups (broad SMARTS) is 2. The lowest BCUT2D eigenvalue weighted by Crippen LogP contribution is -2.43. The Morgan fingerprint density at radius 1 is 1.25 bits per heavy atom. The van der Waals surface area contributed by atoms with E-state index >= 15 is 0 Å². The topological polar surface area (TPSA) is 149 Å². The molecule has 1 atom stereocenters. The molecule has 10 heteroatoms. The molecule has 116 valence electrons. The van der Waals surface area contributed by atoms with Crippen LogP contribution in [0.3, 0.4) is 0 Å². The van der Waals surface area contributed by atoms with Gasteiger partial charge in [0, 0.05) is 0 Å². The van der Waals surface area contributed by atoms with E-state index in [1.165, 1.54) is 13.8 Å². The molecule has 1 saturated heterocycles. The lowest BCUT2D eigenvalue weighted by molar-refractivity contribution is -0.0948. The van der Waals surface area contributed by atoms with Crippen molar-refractivity contribution in [3.05, 3.63) is 0 Å². The van der Waals surface area contributed by atoms with Crippen LogP contribution in [0.5, 0.6) is 0 Å². The molecule has 0 saturated carbocycles. The molecule has 0 radical (unpaired) electrons. The molecular weight excluding hydrogens is 280 g/mol. The predicted octanol–water partition coefficient (Wildman–Crippen LogP) is 0.668. The van der Waals surface area contributed by atoms with Gasteiger partial charge in [-0.15, -0.1) is 0 Å². The number of carbonyl (C=O) groups is 3. The van der Waals surface area contributed by atoms with Crippen LogP contribution in [0.1, 0.15) is 13.8 Å². The molecule has 1 rings (SSSR count). The van der Waals surface area contributed by atoms with E-state index in [1.54, 1.807) is 0 Å². The Morgan fingerprint density at radius 2 is 1.75 bits per heavy atom. The zero-order valence-electron chi connectivity index (χ0n) is 10.9. The van der Waals surface area contributed by atoms with Gasteiger partial charge >= 0.3 is 18.5 Å². The van der Waals surface area contributed by atoms with Gasteiger partial charge in [0.05, 0.1) is 0 Å². The number of rotatable bonds is 4. The third-order valence-corrected chi connectivity index (χ3v) is 2.04. The van der Waals surface area contributed by atoms with Crippen molar-refractivity contribution in [1.29, 1.82) is 0 Å². The van der Waals surface area contributed by atoms with Gasteiger partial charge in [-0.1, -0.05) is 0 Å². The van der Waals surface area contributed by atoms with Gasteiger partial charge in [0.1, 0.15) is 31.5 Å². The van der Waals surface area contributed by atoms with Crippen molar-refractivity contribution in [2.75, 3.05) is 19.8 Å². The summed E-state index contributed by atoms with van der Waals surface area (Å²) in [5, 5.41) is 25.7. The molecule has 1 fully saturated rings. The predicted molar refractivity (Wildman–Crippen MR) is 60.5 cm³/mol. The Labute approximate surface area is 113 Å². The molecule has 3 N–H and O–H groups in total. The van der Waals surface area contributed by atoms with E-state index in [2.05, 4.69) is 18.9 Å². The second-order valence-electron chi connectivity index (χ2n) is 4.01. The summed E-state index contributed by atoms with van der Waals surface area (Å²) < 4.78 is 17.0. The molecule has 0 aliphatic carbocycles. The standard InChI is InChI=1S/C7H12O7.C3H4O3/c1-7(2,14-6(11)12)4(8)3-13-5(9)10;4-3-5-1-2-6-3/h4,8H,3H2,1-2H3,(H,9,10)(H,11,12);1-2H2. The van der Waals surface area contributed by atoms with Crippen LogP contribution in [-0.4, -0.2) is 65.3 Å². The highest BCUT2D eigenvalue weighted by Gasteiger charge is 2.33. The minimum absolute atomic E-state index is 0.416. The number of ether oxygens (including phenoxy) is 4. The van der Waals surface area contributed by atoms with Crippen molar-refractivity contribution < 1.29 is 48.7 Å². The highest BCUT2D eigenvalue weighted by molar-refractivity contribution is 5.61. The molecule has 0 bridgehead atoms. The first-order valence-corrected chi connectivity index (χ1v) is 5.40. The molecule has 1 unspecified atom stereocenters. The number of hydrogen-bond donors (Lipinski definition) is 3. The van der Waals surface area contributed by atoms with E-state index in [-0.39, 0.29) is 0 Å². The molecule has 1 aliphatic rings. The van der Waals surface area contributed by atoms with E-state index in [4.69, 9.17) is 10.2 Å². The number of cyclic esters (lactones) is 2. The van der Waals surface area contributed by atoms with Crippen LogP contribution in [-0.2, 0) is 18.9 Å². The summed E-state index contributed by atoms with van der Waals surface area (Å²) in [7, 11) is 0. The maximum absolute atomic E-state index is 10.2. The van der Waals surface area contributed by atoms with Gasteiger partial charge < -0.3 is 34.3 Å². The Bertz CT molecular complexity index is 342. The maximum atomic E-state index is 10.2. The van der Waals surface area contributed by atoms with Gasteiger partial charge in [-0.3, -0.25) is 0 Å². The fraction of sp³-hybridized carbons (Fsp3) is 0.700. The van der Waals surface area contributed by atoms with Crippen LogP contribution >= 0.6 is 0 Å². The monoisotopic (exact) mass is 296 g/mol. The van der Waals surface area contributed by atoms with Crippen molar-refractivity contribution in [2.45, 2.75) is 25.6 Å². The number of aliphatic hydroxyl groups excluding tert-OH is 1.